The van der Waals surface area contributed by atoms with Gasteiger partial charge in [0.25, 0.3) is 0 Å². The monoisotopic (exact) mass is 759 g/mol. The SMILES string of the molecule is CCCCOC(=O)[C@H](CC(=O)NC(c1ccccc1)(c1ccccc1)c1ccccc1)N(C[C@H](COC(C)(C)C)NC(=O)OC(C)(C)C)C(=O)OCC(C)C. The van der Waals surface area contributed by atoms with Crippen LogP contribution in [0, 0.1) is 5.92 Å². The normalized spacial score (nSPS) is 13.0. The number of nitrogens with zero attached hydrogens (tertiary/aromatic N) is 1. The molecule has 3 aromatic rings. The molecule has 0 radical (unpaired) electrons. The summed E-state index contributed by atoms with van der Waals surface area (Å²) in [6.45, 7) is 16.4. The Morgan fingerprint density at radius 3 is 1.65 bits per heavy atom. The molecule has 0 aliphatic carbocycles. The number of unbranched alkanes of at least 4 members (excludes halogenated alkanes) is 1. The summed E-state index contributed by atoms with van der Waals surface area (Å²) in [6.07, 6.45) is -0.702. The van der Waals surface area contributed by atoms with Crippen LogP contribution in [-0.2, 0) is 34.1 Å². The van der Waals surface area contributed by atoms with Gasteiger partial charge in [-0.3, -0.25) is 9.69 Å². The van der Waals surface area contributed by atoms with Crippen LogP contribution in [0.25, 0.3) is 0 Å². The highest BCUT2D eigenvalue weighted by atomic mass is 16.6. The van der Waals surface area contributed by atoms with Crippen LogP contribution in [0.15, 0.2) is 91.0 Å². The van der Waals surface area contributed by atoms with Gasteiger partial charge in [-0.15, -0.1) is 0 Å². The summed E-state index contributed by atoms with van der Waals surface area (Å²) in [5, 5.41) is 6.10. The first-order valence-electron chi connectivity index (χ1n) is 19.2. The molecule has 3 amide bonds. The van der Waals surface area contributed by atoms with Crippen LogP contribution in [0.2, 0.25) is 0 Å². The Hall–Kier alpha value is -4.90. The van der Waals surface area contributed by atoms with Gasteiger partial charge < -0.3 is 29.6 Å². The molecule has 0 unspecified atom stereocenters. The number of amides is 3. The highest BCUT2D eigenvalue weighted by Gasteiger charge is 2.41. The molecule has 300 valence electrons. The Labute approximate surface area is 327 Å². The third-order valence-electron chi connectivity index (χ3n) is 8.35. The van der Waals surface area contributed by atoms with Crippen molar-refractivity contribution >= 4 is 24.1 Å². The molecule has 2 atom stereocenters. The number of nitrogens with one attached hydrogen (secondary N) is 2. The van der Waals surface area contributed by atoms with Gasteiger partial charge in [0.2, 0.25) is 5.91 Å². The lowest BCUT2D eigenvalue weighted by Gasteiger charge is -2.38. The maximum atomic E-state index is 14.7. The van der Waals surface area contributed by atoms with Crippen molar-refractivity contribution in [2.45, 2.75) is 110 Å². The molecule has 11 heteroatoms. The molecule has 0 spiro atoms. The summed E-state index contributed by atoms with van der Waals surface area (Å²) in [5.41, 5.74) is -0.222. The number of esters is 1. The second kappa shape index (κ2) is 20.7. The van der Waals surface area contributed by atoms with Crippen molar-refractivity contribution in [3.8, 4) is 0 Å². The molecule has 0 bridgehead atoms. The number of alkyl carbamates (subject to hydrolysis) is 1. The second-order valence-corrected chi connectivity index (χ2v) is 16.0. The van der Waals surface area contributed by atoms with Crippen molar-refractivity contribution in [2.24, 2.45) is 5.92 Å². The summed E-state index contributed by atoms with van der Waals surface area (Å²) in [7, 11) is 0. The summed E-state index contributed by atoms with van der Waals surface area (Å²) in [6, 6.07) is 26.5. The van der Waals surface area contributed by atoms with Gasteiger partial charge in [-0.05, 0) is 70.6 Å². The van der Waals surface area contributed by atoms with Crippen LogP contribution >= 0.6 is 0 Å². The zero-order chi connectivity index (χ0) is 40.6. The van der Waals surface area contributed by atoms with E-state index in [1.165, 1.54) is 4.90 Å². The highest BCUT2D eigenvalue weighted by molar-refractivity contribution is 5.89. The first-order chi connectivity index (χ1) is 25.9. The molecule has 0 heterocycles. The lowest BCUT2D eigenvalue weighted by molar-refractivity contribution is -0.152. The summed E-state index contributed by atoms with van der Waals surface area (Å²) >= 11 is 0. The van der Waals surface area contributed by atoms with Crippen molar-refractivity contribution in [3.63, 3.8) is 0 Å². The minimum absolute atomic E-state index is 0.0211. The van der Waals surface area contributed by atoms with Crippen LogP contribution in [0.1, 0.15) is 98.3 Å². The average molecular weight is 760 g/mol. The van der Waals surface area contributed by atoms with E-state index in [9.17, 15) is 19.2 Å². The lowest BCUT2D eigenvalue weighted by Crippen LogP contribution is -2.56. The van der Waals surface area contributed by atoms with E-state index in [-0.39, 0.29) is 32.3 Å². The van der Waals surface area contributed by atoms with E-state index in [2.05, 4.69) is 10.6 Å². The Morgan fingerprint density at radius 2 is 1.22 bits per heavy atom. The molecule has 0 aliphatic heterocycles. The summed E-state index contributed by atoms with van der Waals surface area (Å²) < 4.78 is 23.0. The van der Waals surface area contributed by atoms with Crippen LogP contribution in [0.5, 0.6) is 0 Å². The standard InChI is InChI=1S/C44H61N3O8/c1-10-11-27-52-39(49)37(47(41(51)53-30-32(2)3)29-36(31-54-42(4,5)6)45-40(50)55-43(7,8)9)28-38(48)46-44(33-21-15-12-16-22-33,34-23-17-13-18-24-34)35-25-19-14-20-26-35/h12-26,32,36-37H,10-11,27-31H2,1-9H3,(H,45,50)(H,46,48)/t36-,37+/m1/s1. The van der Waals surface area contributed by atoms with E-state index in [1.54, 1.807) is 20.8 Å². The van der Waals surface area contributed by atoms with Crippen LogP contribution in [-0.4, -0.2) is 78.6 Å². The van der Waals surface area contributed by atoms with Gasteiger partial charge in [0.05, 0.1) is 37.9 Å². The van der Waals surface area contributed by atoms with Gasteiger partial charge in [0.1, 0.15) is 17.2 Å². The van der Waals surface area contributed by atoms with Gasteiger partial charge in [-0.25, -0.2) is 14.4 Å². The fourth-order valence-corrected chi connectivity index (χ4v) is 5.80. The topological polar surface area (TPSA) is 132 Å². The maximum absolute atomic E-state index is 14.7. The number of ether oxygens (including phenoxy) is 4. The molecule has 0 fully saturated rings. The average Bonchev–Trinajstić information content (AvgIpc) is 3.13. The first kappa shape index (κ1) is 44.5. The predicted molar refractivity (Wildman–Crippen MR) is 213 cm³/mol. The molecule has 3 rings (SSSR count). The van der Waals surface area contributed by atoms with Gasteiger partial charge in [-0.2, -0.15) is 0 Å². The number of hydrogen-bond donors (Lipinski definition) is 2. The Balaban J connectivity index is 2.15. The summed E-state index contributed by atoms with van der Waals surface area (Å²) in [5.74, 6) is -1.33. The fourth-order valence-electron chi connectivity index (χ4n) is 5.80. The zero-order valence-corrected chi connectivity index (χ0v) is 34.1. The van der Waals surface area contributed by atoms with E-state index in [0.717, 1.165) is 23.1 Å². The van der Waals surface area contributed by atoms with Gasteiger partial charge in [0, 0.05) is 6.54 Å². The number of hydrogen-bond acceptors (Lipinski definition) is 8. The smallest absolute Gasteiger partial charge is 0.410 e. The largest absolute Gasteiger partial charge is 0.464 e. The molecular formula is C44H61N3O8. The van der Waals surface area contributed by atoms with Crippen molar-refractivity contribution in [2.75, 3.05) is 26.4 Å². The Morgan fingerprint density at radius 1 is 0.709 bits per heavy atom. The fraction of sp³-hybridized carbons (Fsp3) is 0.500. The van der Waals surface area contributed by atoms with E-state index >= 15 is 0 Å². The molecule has 11 nitrogen and oxygen atoms in total. The highest BCUT2D eigenvalue weighted by Crippen LogP contribution is 2.37. The van der Waals surface area contributed by atoms with Crippen molar-refractivity contribution in [1.29, 1.82) is 0 Å². The number of carbonyl (C=O) groups excluding carboxylic acids is 4. The lowest BCUT2D eigenvalue weighted by atomic mass is 9.77. The molecule has 0 aliphatic rings. The quantitative estimate of drug-likeness (QED) is 0.0578. The third-order valence-corrected chi connectivity index (χ3v) is 8.35. The Kier molecular flexibility index (Phi) is 16.7. The van der Waals surface area contributed by atoms with Gasteiger partial charge in [-0.1, -0.05) is 118 Å². The van der Waals surface area contributed by atoms with E-state index < -0.39 is 59.3 Å². The van der Waals surface area contributed by atoms with E-state index in [4.69, 9.17) is 18.9 Å². The molecule has 55 heavy (non-hydrogen) atoms. The van der Waals surface area contributed by atoms with Crippen LogP contribution in [0.4, 0.5) is 9.59 Å². The van der Waals surface area contributed by atoms with Crippen molar-refractivity contribution < 1.29 is 38.1 Å². The minimum Gasteiger partial charge on any atom is -0.464 e. The molecular weight excluding hydrogens is 698 g/mol. The first-order valence-corrected chi connectivity index (χ1v) is 19.2. The maximum Gasteiger partial charge on any atom is 0.410 e. The molecule has 2 N–H and O–H groups in total. The summed E-state index contributed by atoms with van der Waals surface area (Å²) in [4.78, 5) is 57.2. The van der Waals surface area contributed by atoms with Crippen molar-refractivity contribution in [3.05, 3.63) is 108 Å². The second-order valence-electron chi connectivity index (χ2n) is 16.0. The number of carbonyl (C=O) groups is 4. The molecule has 0 saturated carbocycles. The van der Waals surface area contributed by atoms with Gasteiger partial charge in [0.15, 0.2) is 0 Å². The molecule has 0 saturated heterocycles. The van der Waals surface area contributed by atoms with E-state index in [0.29, 0.717) is 6.42 Å². The molecule has 0 aromatic heterocycles. The van der Waals surface area contributed by atoms with Crippen molar-refractivity contribution in [1.82, 2.24) is 15.5 Å². The Bertz CT molecular complexity index is 1540. The molecule has 3 aromatic carbocycles. The van der Waals surface area contributed by atoms with Gasteiger partial charge >= 0.3 is 18.2 Å². The number of benzene rings is 3. The third kappa shape index (κ3) is 14.4. The minimum atomic E-state index is -1.44. The van der Waals surface area contributed by atoms with Crippen LogP contribution in [0.3, 0.4) is 0 Å². The van der Waals surface area contributed by atoms with E-state index in [1.807, 2.05) is 133 Å². The zero-order valence-electron chi connectivity index (χ0n) is 34.1. The predicted octanol–water partition coefficient (Wildman–Crippen LogP) is 8.00. The number of rotatable bonds is 18. The van der Waals surface area contributed by atoms with Crippen LogP contribution < -0.4 is 10.6 Å².